The Morgan fingerprint density at radius 3 is 2.18 bits per heavy atom. The van der Waals surface area contributed by atoms with Crippen LogP contribution in [0.2, 0.25) is 0 Å². The van der Waals surface area contributed by atoms with Crippen molar-refractivity contribution in [3.05, 3.63) is 65.5 Å². The summed E-state index contributed by atoms with van der Waals surface area (Å²) in [6.45, 7) is 5.20. The maximum absolute atomic E-state index is 9.52. The van der Waals surface area contributed by atoms with E-state index in [4.69, 9.17) is 0 Å². The van der Waals surface area contributed by atoms with Gasteiger partial charge in [0.1, 0.15) is 6.04 Å². The maximum atomic E-state index is 9.52. The minimum atomic E-state index is -0.206. The molecule has 0 aliphatic rings. The number of likely N-dealkylation sites (N-methyl/N-ethyl adjacent to an activating group) is 1. The average molecular weight is 293 g/mol. The smallest absolute Gasteiger partial charge is 0.123 e. The predicted octanol–water partition coefficient (Wildman–Crippen LogP) is 3.94. The molecular formula is C19H23N3. The molecule has 2 rings (SSSR count). The van der Waals surface area contributed by atoms with Gasteiger partial charge in [0.15, 0.2) is 0 Å². The molecular weight excluding hydrogens is 270 g/mol. The average Bonchev–Trinajstić information content (AvgIpc) is 2.55. The van der Waals surface area contributed by atoms with Crippen LogP contribution < -0.4 is 0 Å². The fourth-order valence-electron chi connectivity index (χ4n) is 2.47. The highest BCUT2D eigenvalue weighted by Crippen LogP contribution is 2.22. The van der Waals surface area contributed by atoms with Crippen molar-refractivity contribution in [2.45, 2.75) is 32.2 Å². The first kappa shape index (κ1) is 16.2. The number of hydrogen-bond acceptors (Lipinski definition) is 3. The van der Waals surface area contributed by atoms with Crippen LogP contribution in [0.15, 0.2) is 48.8 Å². The predicted molar refractivity (Wildman–Crippen MR) is 89.5 cm³/mol. The third-order valence-corrected chi connectivity index (χ3v) is 3.98. The summed E-state index contributed by atoms with van der Waals surface area (Å²) in [6.07, 6.45) is 4.53. The van der Waals surface area contributed by atoms with Crippen molar-refractivity contribution in [3.8, 4) is 6.07 Å². The Labute approximate surface area is 133 Å². The summed E-state index contributed by atoms with van der Waals surface area (Å²) in [5.74, 6) is 0.513. The van der Waals surface area contributed by atoms with E-state index in [0.717, 1.165) is 18.5 Å². The lowest BCUT2D eigenvalue weighted by atomic mass is 9.99. The summed E-state index contributed by atoms with van der Waals surface area (Å²) in [5.41, 5.74) is 3.61. The lowest BCUT2D eigenvalue weighted by Crippen LogP contribution is -2.26. The molecule has 114 valence electrons. The molecule has 3 nitrogen and oxygen atoms in total. The van der Waals surface area contributed by atoms with E-state index in [1.54, 1.807) is 0 Å². The number of nitrogens with zero attached hydrogens (tertiary/aromatic N) is 3. The molecule has 0 saturated heterocycles. The SMILES string of the molecule is CC(C)c1ccc(C(C#N)N(C)CCc2ccncc2)cc1. The molecule has 1 heterocycles. The van der Waals surface area contributed by atoms with E-state index in [-0.39, 0.29) is 6.04 Å². The van der Waals surface area contributed by atoms with Gasteiger partial charge in [-0.05, 0) is 48.2 Å². The molecule has 0 radical (unpaired) electrons. The second-order valence-corrected chi connectivity index (χ2v) is 5.94. The zero-order chi connectivity index (χ0) is 15.9. The molecule has 1 aromatic heterocycles. The van der Waals surface area contributed by atoms with Gasteiger partial charge in [-0.25, -0.2) is 0 Å². The largest absolute Gasteiger partial charge is 0.287 e. The molecule has 0 aliphatic carbocycles. The summed E-state index contributed by atoms with van der Waals surface area (Å²) in [4.78, 5) is 6.13. The van der Waals surface area contributed by atoms with Crippen molar-refractivity contribution in [1.29, 1.82) is 5.26 Å². The Balaban J connectivity index is 2.02. The van der Waals surface area contributed by atoms with Crippen LogP contribution >= 0.6 is 0 Å². The van der Waals surface area contributed by atoms with Crippen LogP contribution in [0.3, 0.4) is 0 Å². The Morgan fingerprint density at radius 1 is 1.05 bits per heavy atom. The summed E-state index contributed by atoms with van der Waals surface area (Å²) in [5, 5.41) is 9.52. The van der Waals surface area contributed by atoms with Gasteiger partial charge in [0.05, 0.1) is 6.07 Å². The van der Waals surface area contributed by atoms with Gasteiger partial charge < -0.3 is 0 Å². The van der Waals surface area contributed by atoms with Crippen LogP contribution in [0.5, 0.6) is 0 Å². The number of benzene rings is 1. The first-order chi connectivity index (χ1) is 10.6. The molecule has 3 heteroatoms. The van der Waals surface area contributed by atoms with E-state index >= 15 is 0 Å². The zero-order valence-electron chi connectivity index (χ0n) is 13.5. The molecule has 1 atom stereocenters. The van der Waals surface area contributed by atoms with Gasteiger partial charge in [-0.3, -0.25) is 9.88 Å². The molecule has 0 spiro atoms. The van der Waals surface area contributed by atoms with Gasteiger partial charge in [-0.15, -0.1) is 0 Å². The van der Waals surface area contributed by atoms with Crippen LogP contribution in [0.25, 0.3) is 0 Å². The summed E-state index contributed by atoms with van der Waals surface area (Å²) in [7, 11) is 2.01. The minimum absolute atomic E-state index is 0.206. The van der Waals surface area contributed by atoms with Crippen LogP contribution in [-0.2, 0) is 6.42 Å². The van der Waals surface area contributed by atoms with Crippen LogP contribution in [0.4, 0.5) is 0 Å². The molecule has 0 saturated carbocycles. The second kappa shape index (κ2) is 7.72. The first-order valence-corrected chi connectivity index (χ1v) is 7.70. The highest BCUT2D eigenvalue weighted by molar-refractivity contribution is 5.29. The highest BCUT2D eigenvalue weighted by Gasteiger charge is 2.16. The lowest BCUT2D eigenvalue weighted by Gasteiger charge is -2.23. The standard InChI is InChI=1S/C19H23N3/c1-15(2)17-4-6-18(7-5-17)19(14-20)22(3)13-10-16-8-11-21-12-9-16/h4-9,11-12,15,19H,10,13H2,1-3H3. The minimum Gasteiger partial charge on any atom is -0.287 e. The second-order valence-electron chi connectivity index (χ2n) is 5.94. The van der Waals surface area contributed by atoms with E-state index in [2.05, 4.69) is 54.1 Å². The summed E-state index contributed by atoms with van der Waals surface area (Å²) < 4.78 is 0. The van der Waals surface area contributed by atoms with E-state index in [1.165, 1.54) is 11.1 Å². The maximum Gasteiger partial charge on any atom is 0.123 e. The third-order valence-electron chi connectivity index (χ3n) is 3.98. The lowest BCUT2D eigenvalue weighted by molar-refractivity contribution is 0.295. The van der Waals surface area contributed by atoms with Crippen molar-refractivity contribution in [3.63, 3.8) is 0 Å². The Bertz CT molecular complexity index is 611. The number of pyridine rings is 1. The molecule has 2 aromatic rings. The van der Waals surface area contributed by atoms with Gasteiger partial charge in [-0.2, -0.15) is 5.26 Å². The van der Waals surface area contributed by atoms with E-state index < -0.39 is 0 Å². The molecule has 1 aromatic carbocycles. The number of aromatic nitrogens is 1. The highest BCUT2D eigenvalue weighted by atomic mass is 15.1. The van der Waals surface area contributed by atoms with Crippen LogP contribution in [0.1, 0.15) is 42.5 Å². The van der Waals surface area contributed by atoms with Crippen molar-refractivity contribution < 1.29 is 0 Å². The van der Waals surface area contributed by atoms with E-state index in [1.807, 2.05) is 31.6 Å². The van der Waals surface area contributed by atoms with Gasteiger partial charge in [-0.1, -0.05) is 38.1 Å². The van der Waals surface area contributed by atoms with E-state index in [0.29, 0.717) is 5.92 Å². The van der Waals surface area contributed by atoms with Crippen molar-refractivity contribution in [2.24, 2.45) is 0 Å². The molecule has 0 fully saturated rings. The molecule has 0 amide bonds. The summed E-state index contributed by atoms with van der Waals surface area (Å²) >= 11 is 0. The van der Waals surface area contributed by atoms with Crippen molar-refractivity contribution in [2.75, 3.05) is 13.6 Å². The van der Waals surface area contributed by atoms with Gasteiger partial charge in [0.25, 0.3) is 0 Å². The molecule has 0 aliphatic heterocycles. The molecule has 0 N–H and O–H groups in total. The number of hydrogen-bond donors (Lipinski definition) is 0. The molecule has 1 unspecified atom stereocenters. The number of nitriles is 1. The Hall–Kier alpha value is -2.18. The van der Waals surface area contributed by atoms with Crippen molar-refractivity contribution in [1.82, 2.24) is 9.88 Å². The van der Waals surface area contributed by atoms with Crippen molar-refractivity contribution >= 4 is 0 Å². The van der Waals surface area contributed by atoms with Gasteiger partial charge in [0.2, 0.25) is 0 Å². The van der Waals surface area contributed by atoms with Crippen LogP contribution in [-0.4, -0.2) is 23.5 Å². The topological polar surface area (TPSA) is 39.9 Å². The first-order valence-electron chi connectivity index (χ1n) is 7.70. The monoisotopic (exact) mass is 293 g/mol. The fourth-order valence-corrected chi connectivity index (χ4v) is 2.47. The van der Waals surface area contributed by atoms with E-state index in [9.17, 15) is 5.26 Å². The quantitative estimate of drug-likeness (QED) is 0.809. The Kier molecular flexibility index (Phi) is 5.68. The third kappa shape index (κ3) is 4.16. The Morgan fingerprint density at radius 2 is 1.64 bits per heavy atom. The fraction of sp³-hybridized carbons (Fsp3) is 0.368. The zero-order valence-corrected chi connectivity index (χ0v) is 13.5. The van der Waals surface area contributed by atoms with Gasteiger partial charge in [0, 0.05) is 18.9 Å². The van der Waals surface area contributed by atoms with Crippen LogP contribution in [0, 0.1) is 11.3 Å². The van der Waals surface area contributed by atoms with Gasteiger partial charge >= 0.3 is 0 Å². The normalized spacial score (nSPS) is 12.4. The molecule has 22 heavy (non-hydrogen) atoms. The molecule has 0 bridgehead atoms. The summed E-state index contributed by atoms with van der Waals surface area (Å²) in [6, 6.07) is 14.7. The number of rotatable bonds is 6.